The Morgan fingerprint density at radius 3 is 2.73 bits per heavy atom. The maximum absolute atomic E-state index is 12.6. The molecule has 4 rings (SSSR count). The van der Waals surface area contributed by atoms with E-state index in [1.165, 1.54) is 38.4 Å². The lowest BCUT2D eigenvalue weighted by Gasteiger charge is -2.58. The fourth-order valence-electron chi connectivity index (χ4n) is 4.89. The topological polar surface area (TPSA) is 58.6 Å². The Morgan fingerprint density at radius 2 is 2.00 bits per heavy atom. The Hall–Kier alpha value is -1.53. The molecule has 0 aromatic carbocycles. The summed E-state index contributed by atoms with van der Waals surface area (Å²) in [5, 5.41) is 0. The molecule has 1 amide bonds. The summed E-state index contributed by atoms with van der Waals surface area (Å²) in [5.41, 5.74) is 0.618. The highest BCUT2D eigenvalue weighted by Gasteiger charge is 2.51. The van der Waals surface area contributed by atoms with E-state index in [0.717, 1.165) is 45.2 Å². The van der Waals surface area contributed by atoms with Crippen molar-refractivity contribution in [2.45, 2.75) is 44.1 Å². The van der Waals surface area contributed by atoms with Gasteiger partial charge in [-0.25, -0.2) is 9.97 Å². The van der Waals surface area contributed by atoms with E-state index in [4.69, 9.17) is 4.74 Å². The predicted octanol–water partition coefficient (Wildman–Crippen LogP) is 2.22. The lowest BCUT2D eigenvalue weighted by molar-refractivity contribution is -0.0772. The molecule has 1 saturated carbocycles. The average molecular weight is 358 g/mol. The molecule has 3 aliphatic rings. The van der Waals surface area contributed by atoms with E-state index >= 15 is 0 Å². The molecule has 2 saturated heterocycles. The second kappa shape index (κ2) is 7.61. The van der Waals surface area contributed by atoms with Gasteiger partial charge in [0.25, 0.3) is 5.91 Å². The van der Waals surface area contributed by atoms with Crippen LogP contribution in [0.3, 0.4) is 0 Å². The predicted molar refractivity (Wildman–Crippen MR) is 98.8 cm³/mol. The Kier molecular flexibility index (Phi) is 5.23. The number of hydrogen-bond donors (Lipinski definition) is 0. The van der Waals surface area contributed by atoms with Crippen LogP contribution in [-0.4, -0.2) is 71.1 Å². The number of likely N-dealkylation sites (N-methyl/N-ethyl adjacent to an activating group) is 1. The van der Waals surface area contributed by atoms with Crippen LogP contribution >= 0.6 is 0 Å². The first-order chi connectivity index (χ1) is 12.7. The van der Waals surface area contributed by atoms with Crippen LogP contribution in [0.15, 0.2) is 18.6 Å². The van der Waals surface area contributed by atoms with E-state index in [1.54, 1.807) is 12.3 Å². The van der Waals surface area contributed by atoms with E-state index in [2.05, 4.69) is 21.9 Å². The van der Waals surface area contributed by atoms with E-state index in [-0.39, 0.29) is 11.4 Å². The average Bonchev–Trinajstić information content (AvgIpc) is 3.15. The van der Waals surface area contributed by atoms with Gasteiger partial charge in [0.2, 0.25) is 0 Å². The number of ether oxygens (including phenoxy) is 1. The number of carbonyl (C=O) groups excluding carboxylic acids is 1. The molecule has 0 N–H and O–H groups in total. The zero-order valence-electron chi connectivity index (χ0n) is 15.8. The minimum atomic E-state index is 0.0195. The zero-order valence-corrected chi connectivity index (χ0v) is 15.8. The lowest BCUT2D eigenvalue weighted by Crippen LogP contribution is -2.72. The number of carbonyl (C=O) groups is 1. The maximum atomic E-state index is 12.6. The fourth-order valence-corrected chi connectivity index (χ4v) is 4.89. The van der Waals surface area contributed by atoms with E-state index in [9.17, 15) is 4.79 Å². The van der Waals surface area contributed by atoms with E-state index in [1.807, 2.05) is 4.90 Å². The van der Waals surface area contributed by atoms with Gasteiger partial charge < -0.3 is 9.64 Å². The molecule has 1 aliphatic carbocycles. The molecule has 6 nitrogen and oxygen atoms in total. The van der Waals surface area contributed by atoms with Gasteiger partial charge in [-0.3, -0.25) is 9.69 Å². The van der Waals surface area contributed by atoms with Crippen LogP contribution in [0.2, 0.25) is 0 Å². The number of amides is 1. The van der Waals surface area contributed by atoms with Crippen LogP contribution < -0.4 is 0 Å². The highest BCUT2D eigenvalue weighted by molar-refractivity contribution is 5.93. The molecular weight excluding hydrogens is 328 g/mol. The third-order valence-electron chi connectivity index (χ3n) is 6.59. The highest BCUT2D eigenvalue weighted by Crippen LogP contribution is 2.39. The first kappa shape index (κ1) is 17.9. The van der Waals surface area contributed by atoms with Crippen LogP contribution in [0.25, 0.3) is 0 Å². The summed E-state index contributed by atoms with van der Waals surface area (Å²) >= 11 is 0. The molecule has 1 aromatic rings. The zero-order chi connectivity index (χ0) is 18.0. The standard InChI is InChI=1S/C20H30N4O2/c1-23-9-7-17(12-26-11-16-4-2-3-5-16)10-20(23)13-24(14-20)19(25)18-6-8-21-15-22-18/h6,8,15-17H,2-5,7,9-14H2,1H3/t17-/m0/s1. The second-order valence-electron chi connectivity index (χ2n) is 8.45. The van der Waals surface area contributed by atoms with Gasteiger partial charge >= 0.3 is 0 Å². The molecule has 26 heavy (non-hydrogen) atoms. The van der Waals surface area contributed by atoms with E-state index < -0.39 is 0 Å². The Bertz CT molecular complexity index is 611. The molecule has 6 heteroatoms. The summed E-state index contributed by atoms with van der Waals surface area (Å²) < 4.78 is 6.08. The van der Waals surface area contributed by atoms with Crippen molar-refractivity contribution in [2.24, 2.45) is 11.8 Å². The van der Waals surface area contributed by atoms with Crippen molar-refractivity contribution in [3.63, 3.8) is 0 Å². The van der Waals surface area contributed by atoms with Gasteiger partial charge in [-0.1, -0.05) is 12.8 Å². The van der Waals surface area contributed by atoms with Gasteiger partial charge in [-0.15, -0.1) is 0 Å². The van der Waals surface area contributed by atoms with Crippen molar-refractivity contribution >= 4 is 5.91 Å². The van der Waals surface area contributed by atoms with Gasteiger partial charge in [-0.05, 0) is 57.2 Å². The second-order valence-corrected chi connectivity index (χ2v) is 8.45. The molecule has 3 fully saturated rings. The van der Waals surface area contributed by atoms with Gasteiger partial charge in [0.05, 0.1) is 5.54 Å². The highest BCUT2D eigenvalue weighted by atomic mass is 16.5. The molecule has 1 aromatic heterocycles. The van der Waals surface area contributed by atoms with Gasteiger partial charge in [0.1, 0.15) is 12.0 Å². The molecule has 0 unspecified atom stereocenters. The van der Waals surface area contributed by atoms with Gasteiger partial charge in [0, 0.05) is 32.5 Å². The van der Waals surface area contributed by atoms with Crippen molar-refractivity contribution in [3.05, 3.63) is 24.3 Å². The van der Waals surface area contributed by atoms with Crippen molar-refractivity contribution in [2.75, 3.05) is 39.9 Å². The summed E-state index contributed by atoms with van der Waals surface area (Å²) in [6, 6.07) is 1.69. The number of likely N-dealkylation sites (tertiary alicyclic amines) is 2. The normalized spacial score (nSPS) is 26.2. The quantitative estimate of drug-likeness (QED) is 0.808. The molecule has 2 aliphatic heterocycles. The number of rotatable bonds is 5. The van der Waals surface area contributed by atoms with Crippen molar-refractivity contribution in [3.8, 4) is 0 Å². The van der Waals surface area contributed by atoms with Crippen LogP contribution in [0.4, 0.5) is 0 Å². The molecule has 1 atom stereocenters. The number of aromatic nitrogens is 2. The fraction of sp³-hybridized carbons (Fsp3) is 0.750. The largest absolute Gasteiger partial charge is 0.381 e. The summed E-state index contributed by atoms with van der Waals surface area (Å²) in [6.07, 6.45) is 10.8. The molecular formula is C20H30N4O2. The van der Waals surface area contributed by atoms with Crippen LogP contribution in [0.1, 0.15) is 49.0 Å². The van der Waals surface area contributed by atoms with Crippen LogP contribution in [-0.2, 0) is 4.74 Å². The van der Waals surface area contributed by atoms with Crippen molar-refractivity contribution in [1.29, 1.82) is 0 Å². The number of hydrogen-bond acceptors (Lipinski definition) is 5. The third kappa shape index (κ3) is 3.62. The molecule has 0 radical (unpaired) electrons. The monoisotopic (exact) mass is 358 g/mol. The Morgan fingerprint density at radius 1 is 1.23 bits per heavy atom. The number of nitrogens with zero attached hydrogens (tertiary/aromatic N) is 4. The SMILES string of the molecule is CN1CC[C@H](COCC2CCCC2)CC12CN(C(=O)c1ccncn1)C2. The van der Waals surface area contributed by atoms with Crippen LogP contribution in [0.5, 0.6) is 0 Å². The smallest absolute Gasteiger partial charge is 0.272 e. The lowest BCUT2D eigenvalue weighted by atomic mass is 9.75. The Labute approximate surface area is 155 Å². The maximum Gasteiger partial charge on any atom is 0.272 e. The summed E-state index contributed by atoms with van der Waals surface area (Å²) in [5.74, 6) is 1.43. The minimum Gasteiger partial charge on any atom is -0.381 e. The third-order valence-corrected chi connectivity index (χ3v) is 6.59. The van der Waals surface area contributed by atoms with Crippen molar-refractivity contribution in [1.82, 2.24) is 19.8 Å². The first-order valence-electron chi connectivity index (χ1n) is 10.0. The number of piperidine rings is 1. The van der Waals surface area contributed by atoms with Crippen molar-refractivity contribution < 1.29 is 9.53 Å². The first-order valence-corrected chi connectivity index (χ1v) is 10.0. The van der Waals surface area contributed by atoms with Crippen LogP contribution in [0, 0.1) is 11.8 Å². The summed E-state index contributed by atoms with van der Waals surface area (Å²) in [7, 11) is 2.20. The van der Waals surface area contributed by atoms with Gasteiger partial charge in [0.15, 0.2) is 0 Å². The molecule has 3 heterocycles. The summed E-state index contributed by atoms with van der Waals surface area (Å²) in [6.45, 7) is 4.51. The summed E-state index contributed by atoms with van der Waals surface area (Å²) in [4.78, 5) is 24.9. The molecule has 142 valence electrons. The van der Waals surface area contributed by atoms with Gasteiger partial charge in [-0.2, -0.15) is 0 Å². The van der Waals surface area contributed by atoms with E-state index in [0.29, 0.717) is 11.6 Å². The molecule has 0 bridgehead atoms. The Balaban J connectivity index is 1.28. The molecule has 1 spiro atoms. The minimum absolute atomic E-state index is 0.0195.